The normalized spacial score (nSPS) is 23.8. The zero-order chi connectivity index (χ0) is 18.3. The van der Waals surface area contributed by atoms with E-state index in [1.807, 2.05) is 19.9 Å². The summed E-state index contributed by atoms with van der Waals surface area (Å²) in [5.41, 5.74) is 1.33. The summed E-state index contributed by atoms with van der Waals surface area (Å²) in [7, 11) is 0. The maximum absolute atomic E-state index is 12.1. The number of aliphatic hydroxyl groups is 1. The fourth-order valence-corrected chi connectivity index (χ4v) is 3.35. The number of rotatable bonds is 9. The van der Waals surface area contributed by atoms with E-state index in [0.29, 0.717) is 12.8 Å². The minimum Gasteiger partial charge on any atom is -0.389 e. The molecule has 25 heavy (non-hydrogen) atoms. The van der Waals surface area contributed by atoms with Crippen molar-refractivity contribution < 1.29 is 19.4 Å². The summed E-state index contributed by atoms with van der Waals surface area (Å²) in [6.07, 6.45) is 4.69. The Bertz CT molecular complexity index is 552. The number of carbonyl (C=O) groups is 1. The van der Waals surface area contributed by atoms with E-state index in [2.05, 4.69) is 30.8 Å². The number of aryl methyl sites for hydroxylation is 1. The molecule has 0 saturated carbocycles. The zero-order valence-corrected chi connectivity index (χ0v) is 15.3. The Kier molecular flexibility index (Phi) is 7.36. The van der Waals surface area contributed by atoms with Crippen molar-refractivity contribution >= 4 is 5.78 Å². The van der Waals surface area contributed by atoms with E-state index < -0.39 is 11.9 Å². The highest BCUT2D eigenvalue weighted by Gasteiger charge is 2.36. The van der Waals surface area contributed by atoms with Crippen molar-refractivity contribution in [1.29, 1.82) is 0 Å². The molecule has 1 aromatic carbocycles. The molecule has 3 atom stereocenters. The first-order valence-electron chi connectivity index (χ1n) is 9.10. The Morgan fingerprint density at radius 3 is 2.68 bits per heavy atom. The van der Waals surface area contributed by atoms with E-state index >= 15 is 0 Å². The van der Waals surface area contributed by atoms with Crippen molar-refractivity contribution in [3.05, 3.63) is 48.6 Å². The standard InChI is InChI=1S/C21H30O4/c1-4-17(22)13-18(23)14-20-15-19(24-21(2,3)25-20)12-8-11-16-9-6-5-7-10-16/h4-7,9-10,17,19-20,22H,1,8,11-15H2,2-3H3. The maximum Gasteiger partial charge on any atom is 0.163 e. The van der Waals surface area contributed by atoms with Gasteiger partial charge in [0.25, 0.3) is 0 Å². The van der Waals surface area contributed by atoms with E-state index in [4.69, 9.17) is 9.47 Å². The van der Waals surface area contributed by atoms with Crippen LogP contribution in [0.2, 0.25) is 0 Å². The largest absolute Gasteiger partial charge is 0.389 e. The molecule has 1 aromatic rings. The maximum atomic E-state index is 12.1. The van der Waals surface area contributed by atoms with Crippen LogP contribution in [0.5, 0.6) is 0 Å². The summed E-state index contributed by atoms with van der Waals surface area (Å²) >= 11 is 0. The van der Waals surface area contributed by atoms with Crippen molar-refractivity contribution in [3.63, 3.8) is 0 Å². The molecule has 0 aromatic heterocycles. The number of Topliss-reactive ketones (excluding diaryl/α,β-unsaturated/α-hetero) is 1. The molecule has 0 aliphatic carbocycles. The van der Waals surface area contributed by atoms with Gasteiger partial charge in [-0.3, -0.25) is 4.79 Å². The highest BCUT2D eigenvalue weighted by Crippen LogP contribution is 2.31. The number of hydrogen-bond donors (Lipinski definition) is 1. The molecule has 1 N–H and O–H groups in total. The molecular formula is C21H30O4. The highest BCUT2D eigenvalue weighted by molar-refractivity contribution is 5.79. The minimum absolute atomic E-state index is 0.00173. The van der Waals surface area contributed by atoms with Gasteiger partial charge in [0.05, 0.1) is 18.3 Å². The quantitative estimate of drug-likeness (QED) is 0.691. The molecule has 4 heteroatoms. The second-order valence-corrected chi connectivity index (χ2v) is 7.24. The van der Waals surface area contributed by atoms with E-state index in [1.54, 1.807) is 0 Å². The van der Waals surface area contributed by atoms with Crippen molar-refractivity contribution in [2.24, 2.45) is 0 Å². The Balaban J connectivity index is 1.82. The smallest absolute Gasteiger partial charge is 0.163 e. The summed E-state index contributed by atoms with van der Waals surface area (Å²) in [6, 6.07) is 10.4. The third kappa shape index (κ3) is 7.10. The first-order valence-corrected chi connectivity index (χ1v) is 9.10. The molecule has 1 saturated heterocycles. The zero-order valence-electron chi connectivity index (χ0n) is 15.3. The second kappa shape index (κ2) is 9.27. The average Bonchev–Trinajstić information content (AvgIpc) is 2.54. The number of ether oxygens (including phenoxy) is 2. The van der Waals surface area contributed by atoms with Crippen LogP contribution < -0.4 is 0 Å². The van der Waals surface area contributed by atoms with Gasteiger partial charge in [-0.15, -0.1) is 6.58 Å². The highest BCUT2D eigenvalue weighted by atomic mass is 16.7. The van der Waals surface area contributed by atoms with E-state index in [9.17, 15) is 9.90 Å². The molecule has 1 aliphatic heterocycles. The van der Waals surface area contributed by atoms with Gasteiger partial charge in [0.2, 0.25) is 0 Å². The topological polar surface area (TPSA) is 55.8 Å². The molecular weight excluding hydrogens is 316 g/mol. The molecule has 1 aliphatic rings. The van der Waals surface area contributed by atoms with Gasteiger partial charge < -0.3 is 14.6 Å². The number of carbonyl (C=O) groups excluding carboxylic acids is 1. The van der Waals surface area contributed by atoms with Crippen LogP contribution in [-0.4, -0.2) is 35.0 Å². The predicted octanol–water partition coefficient (Wildman–Crippen LogP) is 3.82. The number of hydrogen-bond acceptors (Lipinski definition) is 4. The van der Waals surface area contributed by atoms with Crippen LogP contribution in [0.1, 0.15) is 51.5 Å². The molecule has 3 unspecified atom stereocenters. The van der Waals surface area contributed by atoms with Gasteiger partial charge in [0, 0.05) is 19.3 Å². The molecule has 0 amide bonds. The molecule has 2 rings (SSSR count). The van der Waals surface area contributed by atoms with Gasteiger partial charge in [-0.05, 0) is 38.7 Å². The second-order valence-electron chi connectivity index (χ2n) is 7.24. The van der Waals surface area contributed by atoms with Crippen LogP contribution in [0, 0.1) is 0 Å². The minimum atomic E-state index is -0.776. The predicted molar refractivity (Wildman–Crippen MR) is 98.3 cm³/mol. The van der Waals surface area contributed by atoms with E-state index in [0.717, 1.165) is 19.3 Å². The third-order valence-electron chi connectivity index (χ3n) is 4.43. The SMILES string of the molecule is C=CC(O)CC(=O)CC1CC(CCCc2ccccc2)OC(C)(C)O1. The first-order chi connectivity index (χ1) is 11.9. The summed E-state index contributed by atoms with van der Waals surface area (Å²) in [6.45, 7) is 7.29. The monoisotopic (exact) mass is 346 g/mol. The van der Waals surface area contributed by atoms with Crippen LogP contribution >= 0.6 is 0 Å². The van der Waals surface area contributed by atoms with Gasteiger partial charge in [0.1, 0.15) is 5.78 Å². The van der Waals surface area contributed by atoms with Crippen LogP contribution in [0.3, 0.4) is 0 Å². The summed E-state index contributed by atoms with van der Waals surface area (Å²) in [5.74, 6) is -0.685. The fourth-order valence-electron chi connectivity index (χ4n) is 3.35. The van der Waals surface area contributed by atoms with E-state index in [-0.39, 0.29) is 24.4 Å². The molecule has 1 fully saturated rings. The van der Waals surface area contributed by atoms with Crippen molar-refractivity contribution in [1.82, 2.24) is 0 Å². The Labute approximate surface area is 150 Å². The van der Waals surface area contributed by atoms with Crippen molar-refractivity contribution in [3.8, 4) is 0 Å². The Hall–Kier alpha value is -1.49. The van der Waals surface area contributed by atoms with Crippen LogP contribution in [-0.2, 0) is 20.7 Å². The molecule has 0 radical (unpaired) electrons. The number of aliphatic hydroxyl groups excluding tert-OH is 1. The first kappa shape index (κ1) is 19.8. The number of benzene rings is 1. The van der Waals surface area contributed by atoms with Crippen LogP contribution in [0.25, 0.3) is 0 Å². The van der Waals surface area contributed by atoms with Crippen molar-refractivity contribution in [2.45, 2.75) is 76.5 Å². The lowest BCUT2D eigenvalue weighted by atomic mass is 9.97. The lowest BCUT2D eigenvalue weighted by Crippen LogP contribution is -2.45. The molecule has 1 heterocycles. The molecule has 4 nitrogen and oxygen atoms in total. The summed E-state index contributed by atoms with van der Waals surface area (Å²) < 4.78 is 11.9. The molecule has 0 spiro atoms. The van der Waals surface area contributed by atoms with Gasteiger partial charge in [0.15, 0.2) is 5.79 Å². The van der Waals surface area contributed by atoms with Crippen molar-refractivity contribution in [2.75, 3.05) is 0 Å². The van der Waals surface area contributed by atoms with Gasteiger partial charge >= 0.3 is 0 Å². The van der Waals surface area contributed by atoms with Crippen LogP contribution in [0.15, 0.2) is 43.0 Å². The Morgan fingerprint density at radius 2 is 2.00 bits per heavy atom. The number of ketones is 1. The third-order valence-corrected chi connectivity index (χ3v) is 4.43. The molecule has 138 valence electrons. The average molecular weight is 346 g/mol. The van der Waals surface area contributed by atoms with Crippen LogP contribution in [0.4, 0.5) is 0 Å². The Morgan fingerprint density at radius 1 is 1.32 bits per heavy atom. The van der Waals surface area contributed by atoms with Gasteiger partial charge in [-0.1, -0.05) is 36.4 Å². The fraction of sp³-hybridized carbons (Fsp3) is 0.571. The van der Waals surface area contributed by atoms with Gasteiger partial charge in [-0.25, -0.2) is 0 Å². The lowest BCUT2D eigenvalue weighted by Gasteiger charge is -2.41. The summed E-state index contributed by atoms with van der Waals surface area (Å²) in [4.78, 5) is 12.1. The lowest BCUT2D eigenvalue weighted by molar-refractivity contribution is -0.299. The van der Waals surface area contributed by atoms with Gasteiger partial charge in [-0.2, -0.15) is 0 Å². The van der Waals surface area contributed by atoms with E-state index in [1.165, 1.54) is 11.6 Å². The molecule has 0 bridgehead atoms. The summed E-state index contributed by atoms with van der Waals surface area (Å²) in [5, 5.41) is 9.53.